The summed E-state index contributed by atoms with van der Waals surface area (Å²) in [5, 5.41) is 0. The highest BCUT2D eigenvalue weighted by molar-refractivity contribution is 7.86. The van der Waals surface area contributed by atoms with Gasteiger partial charge in [0.2, 0.25) is 0 Å². The summed E-state index contributed by atoms with van der Waals surface area (Å²) >= 11 is 0. The maximum absolute atomic E-state index is 11.3. The number of likely N-dealkylation sites (tertiary alicyclic amines) is 1. The first-order valence-corrected chi connectivity index (χ1v) is 9.06. The zero-order valence-electron chi connectivity index (χ0n) is 12.4. The Balaban J connectivity index is 2.06. The fraction of sp³-hybridized carbons (Fsp3) is 0.500. The molecular weight excluding hydrogens is 286 g/mol. The smallest absolute Gasteiger partial charge is 0.264 e. The number of hydrogen-bond donors (Lipinski definition) is 0. The van der Waals surface area contributed by atoms with Gasteiger partial charge in [-0.15, -0.1) is 6.58 Å². The SMILES string of the molecule is C=CC[C@H]1CC[C@H](OS(C)(=O)=O)CN1Cc1ccccc1. The zero-order valence-corrected chi connectivity index (χ0v) is 13.3. The van der Waals surface area contributed by atoms with E-state index in [1.807, 2.05) is 24.3 Å². The normalized spacial score (nSPS) is 23.9. The Bertz CT molecular complexity index is 556. The van der Waals surface area contributed by atoms with Crippen LogP contribution in [0.15, 0.2) is 43.0 Å². The Kier molecular flexibility index (Phi) is 5.56. The van der Waals surface area contributed by atoms with E-state index in [4.69, 9.17) is 4.18 Å². The van der Waals surface area contributed by atoms with Gasteiger partial charge in [-0.1, -0.05) is 36.4 Å². The van der Waals surface area contributed by atoms with Crippen LogP contribution >= 0.6 is 0 Å². The van der Waals surface area contributed by atoms with Crippen LogP contribution in [0.3, 0.4) is 0 Å². The van der Waals surface area contributed by atoms with E-state index in [0.717, 1.165) is 32.1 Å². The standard InChI is InChI=1S/C16H23NO3S/c1-3-7-15-10-11-16(20-21(2,18)19)13-17(15)12-14-8-5-4-6-9-14/h3-6,8-9,15-16H,1,7,10-13H2,2H3/t15-,16-/m0/s1. The second kappa shape index (κ2) is 7.20. The van der Waals surface area contributed by atoms with Gasteiger partial charge in [-0.25, -0.2) is 0 Å². The monoisotopic (exact) mass is 309 g/mol. The largest absolute Gasteiger partial charge is 0.293 e. The molecule has 0 bridgehead atoms. The lowest BCUT2D eigenvalue weighted by Crippen LogP contribution is -2.46. The van der Waals surface area contributed by atoms with Crippen molar-refractivity contribution in [2.45, 2.75) is 38.0 Å². The van der Waals surface area contributed by atoms with Crippen LogP contribution in [0.1, 0.15) is 24.8 Å². The van der Waals surface area contributed by atoms with Crippen LogP contribution in [0.25, 0.3) is 0 Å². The molecular formula is C16H23NO3S. The molecule has 5 heteroatoms. The van der Waals surface area contributed by atoms with E-state index in [2.05, 4.69) is 23.6 Å². The molecule has 0 radical (unpaired) electrons. The minimum atomic E-state index is -3.40. The first-order chi connectivity index (χ1) is 9.98. The molecule has 4 nitrogen and oxygen atoms in total. The van der Waals surface area contributed by atoms with E-state index >= 15 is 0 Å². The van der Waals surface area contributed by atoms with Crippen LogP contribution in [-0.2, 0) is 20.8 Å². The number of rotatable bonds is 6. The molecule has 0 unspecified atom stereocenters. The minimum Gasteiger partial charge on any atom is -0.293 e. The lowest BCUT2D eigenvalue weighted by molar-refractivity contribution is 0.0493. The van der Waals surface area contributed by atoms with Gasteiger partial charge in [-0.2, -0.15) is 8.42 Å². The molecule has 0 saturated carbocycles. The summed E-state index contributed by atoms with van der Waals surface area (Å²) in [6, 6.07) is 10.6. The van der Waals surface area contributed by atoms with E-state index in [9.17, 15) is 8.42 Å². The average molecular weight is 309 g/mol. The molecule has 2 atom stereocenters. The van der Waals surface area contributed by atoms with Crippen LogP contribution in [0.4, 0.5) is 0 Å². The maximum atomic E-state index is 11.3. The number of benzene rings is 1. The Morgan fingerprint density at radius 2 is 2.05 bits per heavy atom. The molecule has 1 fully saturated rings. The highest BCUT2D eigenvalue weighted by atomic mass is 32.2. The van der Waals surface area contributed by atoms with E-state index < -0.39 is 10.1 Å². The van der Waals surface area contributed by atoms with Crippen molar-refractivity contribution in [3.63, 3.8) is 0 Å². The van der Waals surface area contributed by atoms with Gasteiger partial charge in [0, 0.05) is 19.1 Å². The Labute approximate surface area is 127 Å². The van der Waals surface area contributed by atoms with Gasteiger partial charge in [-0.3, -0.25) is 9.08 Å². The summed E-state index contributed by atoms with van der Waals surface area (Å²) in [7, 11) is -3.40. The third-order valence-corrected chi connectivity index (χ3v) is 4.38. The third-order valence-electron chi connectivity index (χ3n) is 3.75. The summed E-state index contributed by atoms with van der Waals surface area (Å²) < 4.78 is 27.8. The predicted molar refractivity (Wildman–Crippen MR) is 84.4 cm³/mol. The molecule has 1 aliphatic rings. The van der Waals surface area contributed by atoms with Gasteiger partial charge in [0.15, 0.2) is 0 Å². The van der Waals surface area contributed by atoms with Crippen LogP contribution < -0.4 is 0 Å². The summed E-state index contributed by atoms with van der Waals surface area (Å²) in [5.74, 6) is 0. The van der Waals surface area contributed by atoms with Crippen LogP contribution in [0.5, 0.6) is 0 Å². The minimum absolute atomic E-state index is 0.246. The Morgan fingerprint density at radius 1 is 1.33 bits per heavy atom. The van der Waals surface area contributed by atoms with Gasteiger partial charge in [0.25, 0.3) is 10.1 Å². The van der Waals surface area contributed by atoms with Crippen molar-refractivity contribution in [2.75, 3.05) is 12.8 Å². The lowest BCUT2D eigenvalue weighted by Gasteiger charge is -2.38. The van der Waals surface area contributed by atoms with E-state index in [1.165, 1.54) is 5.56 Å². The van der Waals surface area contributed by atoms with Crippen LogP contribution in [0.2, 0.25) is 0 Å². The van der Waals surface area contributed by atoms with Crippen molar-refractivity contribution in [1.29, 1.82) is 0 Å². The Morgan fingerprint density at radius 3 is 2.67 bits per heavy atom. The van der Waals surface area contributed by atoms with Gasteiger partial charge in [-0.05, 0) is 24.8 Å². The Hall–Kier alpha value is -1.17. The number of hydrogen-bond acceptors (Lipinski definition) is 4. The second-order valence-corrected chi connectivity index (χ2v) is 7.19. The molecule has 21 heavy (non-hydrogen) atoms. The molecule has 0 spiro atoms. The highest BCUT2D eigenvalue weighted by Crippen LogP contribution is 2.24. The quantitative estimate of drug-likeness (QED) is 0.598. The van der Waals surface area contributed by atoms with Gasteiger partial charge >= 0.3 is 0 Å². The summed E-state index contributed by atoms with van der Waals surface area (Å²) in [6.07, 6.45) is 5.42. The molecule has 0 N–H and O–H groups in total. The second-order valence-electron chi connectivity index (χ2n) is 5.59. The lowest BCUT2D eigenvalue weighted by atomic mass is 9.97. The first kappa shape index (κ1) is 16.2. The molecule has 1 aromatic carbocycles. The molecule has 1 aromatic rings. The van der Waals surface area contributed by atoms with E-state index in [0.29, 0.717) is 12.6 Å². The van der Waals surface area contributed by atoms with Crippen molar-refractivity contribution < 1.29 is 12.6 Å². The van der Waals surface area contributed by atoms with Gasteiger partial charge in [0.05, 0.1) is 12.4 Å². The highest BCUT2D eigenvalue weighted by Gasteiger charge is 2.29. The van der Waals surface area contributed by atoms with Crippen molar-refractivity contribution in [2.24, 2.45) is 0 Å². The first-order valence-electron chi connectivity index (χ1n) is 7.25. The predicted octanol–water partition coefficient (Wildman–Crippen LogP) is 2.57. The van der Waals surface area contributed by atoms with Crippen molar-refractivity contribution >= 4 is 10.1 Å². The topological polar surface area (TPSA) is 46.6 Å². The summed E-state index contributed by atoms with van der Waals surface area (Å²) in [4.78, 5) is 2.30. The zero-order chi connectivity index (χ0) is 15.3. The molecule has 116 valence electrons. The fourth-order valence-electron chi connectivity index (χ4n) is 2.86. The average Bonchev–Trinajstić information content (AvgIpc) is 2.41. The number of piperidine rings is 1. The van der Waals surface area contributed by atoms with Crippen molar-refractivity contribution in [1.82, 2.24) is 4.90 Å². The molecule has 0 aromatic heterocycles. The molecule has 0 aliphatic carbocycles. The van der Waals surface area contributed by atoms with Crippen LogP contribution in [0, 0.1) is 0 Å². The van der Waals surface area contributed by atoms with Crippen molar-refractivity contribution in [3.05, 3.63) is 48.6 Å². The maximum Gasteiger partial charge on any atom is 0.264 e. The molecule has 2 rings (SSSR count). The summed E-state index contributed by atoms with van der Waals surface area (Å²) in [6.45, 7) is 5.27. The molecule has 1 heterocycles. The van der Waals surface area contributed by atoms with Crippen LogP contribution in [-0.4, -0.2) is 38.3 Å². The van der Waals surface area contributed by atoms with Gasteiger partial charge < -0.3 is 0 Å². The molecule has 0 amide bonds. The fourth-order valence-corrected chi connectivity index (χ4v) is 3.51. The van der Waals surface area contributed by atoms with Crippen molar-refractivity contribution in [3.8, 4) is 0 Å². The molecule has 1 saturated heterocycles. The number of nitrogens with zero attached hydrogens (tertiary/aromatic N) is 1. The van der Waals surface area contributed by atoms with E-state index in [-0.39, 0.29) is 6.10 Å². The third kappa shape index (κ3) is 5.26. The van der Waals surface area contributed by atoms with Gasteiger partial charge in [0.1, 0.15) is 0 Å². The van der Waals surface area contributed by atoms with E-state index in [1.54, 1.807) is 0 Å². The molecule has 1 aliphatic heterocycles. The summed E-state index contributed by atoms with van der Waals surface area (Å²) in [5.41, 5.74) is 1.23.